The van der Waals surface area contributed by atoms with E-state index in [0.29, 0.717) is 37.6 Å². The number of thiophene rings is 1. The number of benzene rings is 1. The number of carbonyl (C=O) groups excluding carboxylic acids is 2. The number of sulfonamides is 1. The molecule has 1 saturated heterocycles. The summed E-state index contributed by atoms with van der Waals surface area (Å²) in [5, 5.41) is 2.71. The second kappa shape index (κ2) is 8.85. The zero-order chi connectivity index (χ0) is 20.1. The highest BCUT2D eigenvalue weighted by atomic mass is 32.2. The summed E-state index contributed by atoms with van der Waals surface area (Å²) in [5.41, 5.74) is 0.756. The van der Waals surface area contributed by atoms with E-state index in [1.165, 1.54) is 22.6 Å². The SMILES string of the molecule is CC(=O)NCc1ccc(C(=O)N2CCN(S(=O)(=O)Cc3ccccc3)CC2)s1. The number of hydrogen-bond acceptors (Lipinski definition) is 5. The van der Waals surface area contributed by atoms with Crippen LogP contribution in [-0.2, 0) is 27.1 Å². The highest BCUT2D eigenvalue weighted by molar-refractivity contribution is 7.88. The summed E-state index contributed by atoms with van der Waals surface area (Å²) < 4.78 is 26.7. The maximum atomic E-state index is 12.7. The topological polar surface area (TPSA) is 86.8 Å². The van der Waals surface area contributed by atoms with E-state index in [1.807, 2.05) is 24.3 Å². The Kier molecular flexibility index (Phi) is 6.48. The smallest absolute Gasteiger partial charge is 0.264 e. The quantitative estimate of drug-likeness (QED) is 0.769. The molecule has 0 atom stereocenters. The molecule has 1 aromatic carbocycles. The average Bonchev–Trinajstić information content (AvgIpc) is 3.15. The van der Waals surface area contributed by atoms with Gasteiger partial charge in [0.2, 0.25) is 15.9 Å². The molecule has 0 bridgehead atoms. The van der Waals surface area contributed by atoms with Crippen molar-refractivity contribution in [3.63, 3.8) is 0 Å². The van der Waals surface area contributed by atoms with Crippen LogP contribution in [0.5, 0.6) is 0 Å². The monoisotopic (exact) mass is 421 g/mol. The molecular formula is C19H23N3O4S2. The van der Waals surface area contributed by atoms with Gasteiger partial charge in [0.1, 0.15) is 0 Å². The maximum Gasteiger partial charge on any atom is 0.264 e. The molecule has 150 valence electrons. The van der Waals surface area contributed by atoms with E-state index < -0.39 is 10.0 Å². The molecule has 2 aromatic rings. The molecule has 28 heavy (non-hydrogen) atoms. The van der Waals surface area contributed by atoms with Crippen LogP contribution in [0, 0.1) is 0 Å². The number of nitrogens with one attached hydrogen (secondary N) is 1. The van der Waals surface area contributed by atoms with Gasteiger partial charge in [0.25, 0.3) is 5.91 Å². The van der Waals surface area contributed by atoms with E-state index in [9.17, 15) is 18.0 Å². The summed E-state index contributed by atoms with van der Waals surface area (Å²) in [6, 6.07) is 12.7. The summed E-state index contributed by atoms with van der Waals surface area (Å²) in [6.07, 6.45) is 0. The highest BCUT2D eigenvalue weighted by Crippen LogP contribution is 2.20. The van der Waals surface area contributed by atoms with Crippen molar-refractivity contribution in [1.29, 1.82) is 0 Å². The third-order valence-electron chi connectivity index (χ3n) is 4.50. The fraction of sp³-hybridized carbons (Fsp3) is 0.368. The Morgan fingerprint density at radius 2 is 1.71 bits per heavy atom. The van der Waals surface area contributed by atoms with Crippen molar-refractivity contribution >= 4 is 33.2 Å². The molecule has 2 heterocycles. The number of rotatable bonds is 6. The molecule has 0 unspecified atom stereocenters. The van der Waals surface area contributed by atoms with Gasteiger partial charge in [-0.3, -0.25) is 9.59 Å². The molecule has 1 fully saturated rings. The first kappa shape index (κ1) is 20.5. The predicted molar refractivity (Wildman–Crippen MR) is 108 cm³/mol. The van der Waals surface area contributed by atoms with Crippen molar-refractivity contribution in [1.82, 2.24) is 14.5 Å². The maximum absolute atomic E-state index is 12.7. The van der Waals surface area contributed by atoms with Gasteiger partial charge in [-0.2, -0.15) is 4.31 Å². The predicted octanol–water partition coefficient (Wildman–Crippen LogP) is 1.67. The van der Waals surface area contributed by atoms with Crippen molar-refractivity contribution in [3.05, 3.63) is 57.8 Å². The van der Waals surface area contributed by atoms with Gasteiger partial charge in [0.05, 0.1) is 17.2 Å². The van der Waals surface area contributed by atoms with Gasteiger partial charge < -0.3 is 10.2 Å². The van der Waals surface area contributed by atoms with Gasteiger partial charge in [0.15, 0.2) is 0 Å². The summed E-state index contributed by atoms with van der Waals surface area (Å²) in [4.78, 5) is 26.9. The zero-order valence-electron chi connectivity index (χ0n) is 15.6. The Morgan fingerprint density at radius 3 is 2.36 bits per heavy atom. The second-order valence-corrected chi connectivity index (χ2v) is 9.75. The Bertz CT molecular complexity index is 933. The first-order chi connectivity index (χ1) is 13.3. The van der Waals surface area contributed by atoms with Crippen LogP contribution in [0.1, 0.15) is 27.0 Å². The lowest BCUT2D eigenvalue weighted by molar-refractivity contribution is -0.119. The first-order valence-corrected chi connectivity index (χ1v) is 11.4. The Morgan fingerprint density at radius 1 is 1.04 bits per heavy atom. The molecule has 0 saturated carbocycles. The van der Waals surface area contributed by atoms with Crippen LogP contribution in [0.3, 0.4) is 0 Å². The van der Waals surface area contributed by atoms with Gasteiger partial charge in [-0.05, 0) is 17.7 Å². The molecule has 1 aromatic heterocycles. The van der Waals surface area contributed by atoms with Gasteiger partial charge >= 0.3 is 0 Å². The molecule has 0 spiro atoms. The van der Waals surface area contributed by atoms with Crippen molar-refractivity contribution in [2.75, 3.05) is 26.2 Å². The molecule has 9 heteroatoms. The number of carbonyl (C=O) groups is 2. The molecule has 0 radical (unpaired) electrons. The average molecular weight is 422 g/mol. The minimum Gasteiger partial charge on any atom is -0.351 e. The van der Waals surface area contributed by atoms with Gasteiger partial charge in [0, 0.05) is 38.0 Å². The lowest BCUT2D eigenvalue weighted by Gasteiger charge is -2.33. The fourth-order valence-corrected chi connectivity index (χ4v) is 5.43. The molecule has 3 rings (SSSR count). The van der Waals surface area contributed by atoms with E-state index in [0.717, 1.165) is 10.4 Å². The van der Waals surface area contributed by atoms with E-state index in [4.69, 9.17) is 0 Å². The normalized spacial score (nSPS) is 15.4. The van der Waals surface area contributed by atoms with Crippen LogP contribution in [0.2, 0.25) is 0 Å². The van der Waals surface area contributed by atoms with Crippen LogP contribution >= 0.6 is 11.3 Å². The molecular weight excluding hydrogens is 398 g/mol. The number of nitrogens with zero attached hydrogens (tertiary/aromatic N) is 2. The van der Waals surface area contributed by atoms with Crippen LogP contribution in [0.4, 0.5) is 0 Å². The van der Waals surface area contributed by atoms with Crippen molar-refractivity contribution in [2.45, 2.75) is 19.2 Å². The Hall–Kier alpha value is -2.23. The Balaban J connectivity index is 1.56. The van der Waals surface area contributed by atoms with Crippen LogP contribution < -0.4 is 5.32 Å². The fourth-order valence-electron chi connectivity index (χ4n) is 3.00. The molecule has 0 aliphatic carbocycles. The summed E-state index contributed by atoms with van der Waals surface area (Å²) in [6.45, 7) is 3.18. The van der Waals surface area contributed by atoms with Gasteiger partial charge in [-0.25, -0.2) is 8.42 Å². The second-order valence-electron chi connectivity index (χ2n) is 6.61. The summed E-state index contributed by atoms with van der Waals surface area (Å²) >= 11 is 1.35. The summed E-state index contributed by atoms with van der Waals surface area (Å²) in [7, 11) is -3.40. The molecule has 1 N–H and O–H groups in total. The van der Waals surface area contributed by atoms with Crippen LogP contribution in [-0.4, -0.2) is 55.6 Å². The van der Waals surface area contributed by atoms with E-state index in [1.54, 1.807) is 23.1 Å². The number of hydrogen-bond donors (Lipinski definition) is 1. The standard InChI is InChI=1S/C19H23N3O4S2/c1-15(23)20-13-17-7-8-18(27-17)19(24)21-9-11-22(12-10-21)28(25,26)14-16-5-3-2-4-6-16/h2-8H,9-14H2,1H3,(H,20,23). The van der Waals surface area contributed by atoms with Gasteiger partial charge in [-0.15, -0.1) is 11.3 Å². The van der Waals surface area contributed by atoms with Crippen molar-refractivity contribution in [3.8, 4) is 0 Å². The molecule has 1 aliphatic rings. The van der Waals surface area contributed by atoms with Crippen LogP contribution in [0.15, 0.2) is 42.5 Å². The minimum atomic E-state index is -3.40. The number of amides is 2. The molecule has 2 amide bonds. The largest absolute Gasteiger partial charge is 0.351 e. The van der Waals surface area contributed by atoms with E-state index >= 15 is 0 Å². The molecule has 1 aliphatic heterocycles. The lowest BCUT2D eigenvalue weighted by atomic mass is 10.2. The summed E-state index contributed by atoms with van der Waals surface area (Å²) in [5.74, 6) is -0.243. The van der Waals surface area contributed by atoms with E-state index in [-0.39, 0.29) is 17.6 Å². The Labute approximate surface area is 169 Å². The zero-order valence-corrected chi connectivity index (χ0v) is 17.3. The third kappa shape index (κ3) is 5.18. The highest BCUT2D eigenvalue weighted by Gasteiger charge is 2.29. The third-order valence-corrected chi connectivity index (χ3v) is 7.42. The van der Waals surface area contributed by atoms with E-state index in [2.05, 4.69) is 5.32 Å². The lowest BCUT2D eigenvalue weighted by Crippen LogP contribution is -2.50. The first-order valence-electron chi connectivity index (χ1n) is 8.99. The van der Waals surface area contributed by atoms with Crippen molar-refractivity contribution in [2.24, 2.45) is 0 Å². The number of piperazine rings is 1. The molecule has 7 nitrogen and oxygen atoms in total. The van der Waals surface area contributed by atoms with Crippen LogP contribution in [0.25, 0.3) is 0 Å². The van der Waals surface area contributed by atoms with Crippen molar-refractivity contribution < 1.29 is 18.0 Å². The minimum absolute atomic E-state index is 0.0286. The van der Waals surface area contributed by atoms with Gasteiger partial charge in [-0.1, -0.05) is 30.3 Å².